The van der Waals surface area contributed by atoms with E-state index >= 15 is 0 Å². The highest BCUT2D eigenvalue weighted by Crippen LogP contribution is 2.56. The Morgan fingerprint density at radius 1 is 1.12 bits per heavy atom. The van der Waals surface area contributed by atoms with E-state index in [1.54, 1.807) is 25.1 Å². The van der Waals surface area contributed by atoms with Crippen LogP contribution in [-0.2, 0) is 15.0 Å². The third-order valence-electron chi connectivity index (χ3n) is 6.75. The maximum Gasteiger partial charge on any atom is 0.239 e. The lowest BCUT2D eigenvalue weighted by Gasteiger charge is -2.36. The molecule has 1 saturated heterocycles. The highest BCUT2D eigenvalue weighted by Gasteiger charge is 2.65. The Balaban J connectivity index is 1.96. The van der Waals surface area contributed by atoms with E-state index in [2.05, 4.69) is 24.5 Å². The number of likely N-dealkylation sites (N-methyl/N-ethyl adjacent to an activating group) is 1. The van der Waals surface area contributed by atoms with Crippen molar-refractivity contribution < 1.29 is 9.59 Å². The number of carbonyl (C=O) groups excluding carboxylic acids is 2. The predicted octanol–water partition coefficient (Wildman–Crippen LogP) is 4.83. The van der Waals surface area contributed by atoms with Crippen LogP contribution in [0.15, 0.2) is 42.5 Å². The first-order valence-corrected chi connectivity index (χ1v) is 11.8. The number of hydrogen-bond donors (Lipinski definition) is 2. The van der Waals surface area contributed by atoms with Crippen molar-refractivity contribution in [2.45, 2.75) is 50.1 Å². The lowest BCUT2D eigenvalue weighted by atomic mass is 9.64. The molecule has 4 unspecified atom stereocenters. The standard InChI is InChI=1S/C25H29Cl2N3O2/c1-14(2)8-11-20-25(18-10-9-17(27)13-19(18)28-24(25)32)21(15-6-5-7-16(26)12-15)22(29-20)23(31)30(3)4/h5-7,9-10,12-14,20-22,29H,8,11H2,1-4H3,(H,28,32). The van der Waals surface area contributed by atoms with Crippen LogP contribution in [0.3, 0.4) is 0 Å². The number of carbonyl (C=O) groups is 2. The molecule has 2 aromatic rings. The Labute approximate surface area is 199 Å². The first-order valence-electron chi connectivity index (χ1n) is 11.0. The number of halogens is 2. The third-order valence-corrected chi connectivity index (χ3v) is 7.22. The molecule has 4 rings (SSSR count). The van der Waals surface area contributed by atoms with Gasteiger partial charge < -0.3 is 15.5 Å². The van der Waals surface area contributed by atoms with E-state index < -0.39 is 17.4 Å². The van der Waals surface area contributed by atoms with E-state index in [-0.39, 0.29) is 17.9 Å². The van der Waals surface area contributed by atoms with Crippen molar-refractivity contribution in [1.82, 2.24) is 10.2 Å². The summed E-state index contributed by atoms with van der Waals surface area (Å²) in [5.41, 5.74) is 1.52. The van der Waals surface area contributed by atoms with Gasteiger partial charge in [0.05, 0.1) is 6.04 Å². The van der Waals surface area contributed by atoms with Gasteiger partial charge in [0, 0.05) is 41.8 Å². The zero-order chi connectivity index (χ0) is 23.2. The second-order valence-corrected chi connectivity index (χ2v) is 10.3. The molecule has 32 heavy (non-hydrogen) atoms. The maximum atomic E-state index is 13.9. The molecule has 2 heterocycles. The normalized spacial score (nSPS) is 26.5. The van der Waals surface area contributed by atoms with Crippen molar-refractivity contribution in [2.75, 3.05) is 19.4 Å². The molecule has 1 spiro atoms. The van der Waals surface area contributed by atoms with Gasteiger partial charge in [-0.25, -0.2) is 0 Å². The second kappa shape index (κ2) is 8.69. The van der Waals surface area contributed by atoms with Gasteiger partial charge in [0.15, 0.2) is 0 Å². The molecule has 7 heteroatoms. The van der Waals surface area contributed by atoms with Crippen LogP contribution in [0.25, 0.3) is 0 Å². The summed E-state index contributed by atoms with van der Waals surface area (Å²) < 4.78 is 0. The molecule has 2 N–H and O–H groups in total. The van der Waals surface area contributed by atoms with Crippen molar-refractivity contribution in [2.24, 2.45) is 5.92 Å². The third kappa shape index (κ3) is 3.70. The van der Waals surface area contributed by atoms with Crippen molar-refractivity contribution in [3.05, 3.63) is 63.6 Å². The summed E-state index contributed by atoms with van der Waals surface area (Å²) >= 11 is 12.6. The second-order valence-electron chi connectivity index (χ2n) is 9.45. The van der Waals surface area contributed by atoms with E-state index in [1.165, 1.54) is 0 Å². The Kier molecular flexibility index (Phi) is 6.27. The van der Waals surface area contributed by atoms with Crippen LogP contribution in [0.1, 0.15) is 43.7 Å². The van der Waals surface area contributed by atoms with Crippen LogP contribution >= 0.6 is 23.2 Å². The average molecular weight is 474 g/mol. The summed E-state index contributed by atoms with van der Waals surface area (Å²) in [4.78, 5) is 28.9. The fourth-order valence-electron chi connectivity index (χ4n) is 5.37. The van der Waals surface area contributed by atoms with E-state index in [0.717, 1.165) is 24.0 Å². The molecular weight excluding hydrogens is 445 g/mol. The van der Waals surface area contributed by atoms with Gasteiger partial charge in [-0.3, -0.25) is 9.59 Å². The minimum Gasteiger partial charge on any atom is -0.347 e. The van der Waals surface area contributed by atoms with E-state index in [9.17, 15) is 9.59 Å². The largest absolute Gasteiger partial charge is 0.347 e. The lowest BCUT2D eigenvalue weighted by molar-refractivity contribution is -0.131. The first-order chi connectivity index (χ1) is 15.2. The van der Waals surface area contributed by atoms with E-state index in [0.29, 0.717) is 21.7 Å². The molecule has 4 atom stereocenters. The van der Waals surface area contributed by atoms with Gasteiger partial charge in [-0.15, -0.1) is 0 Å². The number of benzene rings is 2. The number of rotatable bonds is 5. The molecule has 5 nitrogen and oxygen atoms in total. The van der Waals surface area contributed by atoms with Crippen LogP contribution in [0.2, 0.25) is 10.0 Å². The highest BCUT2D eigenvalue weighted by molar-refractivity contribution is 6.31. The minimum atomic E-state index is -0.949. The first kappa shape index (κ1) is 23.1. The quantitative estimate of drug-likeness (QED) is 0.653. The SMILES string of the molecule is CC(C)CCC1NC(C(=O)N(C)C)C(c2cccc(Cl)c2)C12C(=O)Nc1cc(Cl)ccc12. The molecule has 0 aromatic heterocycles. The molecule has 2 aromatic carbocycles. The molecule has 170 valence electrons. The van der Waals surface area contributed by atoms with Crippen molar-refractivity contribution in [3.8, 4) is 0 Å². The van der Waals surface area contributed by atoms with Gasteiger partial charge in [0.25, 0.3) is 0 Å². The van der Waals surface area contributed by atoms with Crippen LogP contribution in [0, 0.1) is 5.92 Å². The average Bonchev–Trinajstić information content (AvgIpc) is 3.21. The fourth-order valence-corrected chi connectivity index (χ4v) is 5.74. The molecule has 2 aliphatic rings. The van der Waals surface area contributed by atoms with Crippen molar-refractivity contribution in [3.63, 3.8) is 0 Å². The number of fused-ring (bicyclic) bond motifs is 2. The van der Waals surface area contributed by atoms with Crippen LogP contribution in [-0.4, -0.2) is 42.9 Å². The number of hydrogen-bond acceptors (Lipinski definition) is 3. The molecule has 0 saturated carbocycles. The van der Waals surface area contributed by atoms with E-state index in [1.807, 2.05) is 36.4 Å². The van der Waals surface area contributed by atoms with Gasteiger partial charge in [0.1, 0.15) is 5.41 Å². The summed E-state index contributed by atoms with van der Waals surface area (Å²) in [6, 6.07) is 12.3. The molecule has 0 bridgehead atoms. The summed E-state index contributed by atoms with van der Waals surface area (Å²) in [7, 11) is 3.49. The Bertz CT molecular complexity index is 1060. The number of nitrogens with zero attached hydrogens (tertiary/aromatic N) is 1. The molecule has 0 radical (unpaired) electrons. The minimum absolute atomic E-state index is 0.0587. The molecule has 2 amide bonds. The summed E-state index contributed by atoms with van der Waals surface area (Å²) in [5, 5.41) is 7.80. The van der Waals surface area contributed by atoms with Gasteiger partial charge in [0.2, 0.25) is 11.8 Å². The Morgan fingerprint density at radius 3 is 2.50 bits per heavy atom. The maximum absolute atomic E-state index is 13.9. The Morgan fingerprint density at radius 2 is 1.84 bits per heavy atom. The molecule has 1 fully saturated rings. The predicted molar refractivity (Wildman–Crippen MR) is 129 cm³/mol. The van der Waals surface area contributed by atoms with Crippen LogP contribution in [0.5, 0.6) is 0 Å². The van der Waals surface area contributed by atoms with Gasteiger partial charge >= 0.3 is 0 Å². The summed E-state index contributed by atoms with van der Waals surface area (Å²) in [5.74, 6) is -0.112. The van der Waals surface area contributed by atoms with Gasteiger partial charge in [-0.05, 0) is 54.2 Å². The van der Waals surface area contributed by atoms with Gasteiger partial charge in [-0.2, -0.15) is 0 Å². The van der Waals surface area contributed by atoms with Crippen molar-refractivity contribution in [1.29, 1.82) is 0 Å². The Hall–Kier alpha value is -2.08. The molecule has 2 aliphatic heterocycles. The molecule has 0 aliphatic carbocycles. The van der Waals surface area contributed by atoms with Crippen LogP contribution in [0.4, 0.5) is 5.69 Å². The number of amides is 2. The summed E-state index contributed by atoms with van der Waals surface area (Å²) in [6.45, 7) is 4.34. The highest BCUT2D eigenvalue weighted by atomic mass is 35.5. The van der Waals surface area contributed by atoms with E-state index in [4.69, 9.17) is 23.2 Å². The zero-order valence-corrected chi connectivity index (χ0v) is 20.3. The topological polar surface area (TPSA) is 61.4 Å². The molecular formula is C25H29Cl2N3O2. The monoisotopic (exact) mass is 473 g/mol. The number of nitrogens with one attached hydrogen (secondary N) is 2. The number of anilines is 1. The van der Waals surface area contributed by atoms with Crippen LogP contribution < -0.4 is 10.6 Å². The fraction of sp³-hybridized carbons (Fsp3) is 0.440. The van der Waals surface area contributed by atoms with Crippen molar-refractivity contribution >= 4 is 40.7 Å². The summed E-state index contributed by atoms with van der Waals surface area (Å²) in [6.07, 6.45) is 1.70. The lowest BCUT2D eigenvalue weighted by Crippen LogP contribution is -2.48. The van der Waals surface area contributed by atoms with Gasteiger partial charge in [-0.1, -0.05) is 55.2 Å². The zero-order valence-electron chi connectivity index (χ0n) is 18.8. The smallest absolute Gasteiger partial charge is 0.239 e.